The Kier molecular flexibility index (Phi) is 7.07. The predicted molar refractivity (Wildman–Crippen MR) is 129 cm³/mol. The van der Waals surface area contributed by atoms with Crippen molar-refractivity contribution in [1.29, 1.82) is 0 Å². The first-order valence-corrected chi connectivity index (χ1v) is 12.7. The van der Waals surface area contributed by atoms with Crippen LogP contribution in [0.5, 0.6) is 0 Å². The second-order valence-electron chi connectivity index (χ2n) is 7.30. The maximum absolute atomic E-state index is 12.9. The highest BCUT2D eigenvalue weighted by Crippen LogP contribution is 2.21. The van der Waals surface area contributed by atoms with Gasteiger partial charge in [-0.1, -0.05) is 72.4 Å². The maximum atomic E-state index is 12.9. The molecule has 8 nitrogen and oxygen atoms in total. The molecule has 0 saturated heterocycles. The van der Waals surface area contributed by atoms with E-state index in [0.717, 1.165) is 20.6 Å². The predicted octanol–water partition coefficient (Wildman–Crippen LogP) is 3.15. The van der Waals surface area contributed by atoms with Gasteiger partial charge in [-0.25, -0.2) is 13.4 Å². The number of carbonyl (C=O) groups is 1. The molecular weight excluding hydrogens is 458 g/mol. The number of thioether (sulfide) groups is 1. The number of hydrogen-bond donors (Lipinski definition) is 2. The average molecular weight is 482 g/mol. The molecule has 1 amide bonds. The lowest BCUT2D eigenvalue weighted by atomic mass is 10.1. The van der Waals surface area contributed by atoms with Gasteiger partial charge < -0.3 is 5.32 Å². The van der Waals surface area contributed by atoms with E-state index < -0.39 is 10.0 Å². The Morgan fingerprint density at radius 2 is 1.76 bits per heavy atom. The fourth-order valence-corrected chi connectivity index (χ4v) is 5.04. The van der Waals surface area contributed by atoms with Gasteiger partial charge in [0.15, 0.2) is 5.82 Å². The minimum Gasteiger partial charge on any atom is -0.354 e. The first-order chi connectivity index (χ1) is 15.9. The lowest BCUT2D eigenvalue weighted by Crippen LogP contribution is -2.39. The molecule has 2 N–H and O–H groups in total. The lowest BCUT2D eigenvalue weighted by Gasteiger charge is -2.17. The van der Waals surface area contributed by atoms with E-state index in [1.165, 1.54) is 18.8 Å². The van der Waals surface area contributed by atoms with Crippen LogP contribution in [0.4, 0.5) is 0 Å². The molecule has 0 spiro atoms. The first-order valence-electron chi connectivity index (χ1n) is 10.3. The summed E-state index contributed by atoms with van der Waals surface area (Å²) < 4.78 is 26.8. The number of likely N-dealkylation sites (N-methyl/N-ethyl adjacent to an activating group) is 1. The van der Waals surface area contributed by atoms with Crippen molar-refractivity contribution in [2.45, 2.75) is 10.1 Å². The van der Waals surface area contributed by atoms with Crippen molar-refractivity contribution in [1.82, 2.24) is 24.8 Å². The van der Waals surface area contributed by atoms with Crippen LogP contribution in [0, 0.1) is 0 Å². The van der Waals surface area contributed by atoms with Crippen molar-refractivity contribution in [2.24, 2.45) is 0 Å². The zero-order valence-corrected chi connectivity index (χ0v) is 19.6. The van der Waals surface area contributed by atoms with E-state index in [1.807, 2.05) is 54.6 Å². The summed E-state index contributed by atoms with van der Waals surface area (Å²) in [5.74, 6) is 0.865. The Morgan fingerprint density at radius 3 is 2.55 bits per heavy atom. The zero-order chi connectivity index (χ0) is 23.3. The summed E-state index contributed by atoms with van der Waals surface area (Å²) in [7, 11) is -2.38. The van der Waals surface area contributed by atoms with Gasteiger partial charge in [-0.3, -0.25) is 9.89 Å². The van der Waals surface area contributed by atoms with Gasteiger partial charge in [0.2, 0.25) is 21.1 Å². The van der Waals surface area contributed by atoms with Crippen LogP contribution in [0.2, 0.25) is 0 Å². The number of nitrogens with zero attached hydrogens (tertiary/aromatic N) is 3. The van der Waals surface area contributed by atoms with Crippen LogP contribution in [0.25, 0.3) is 22.2 Å². The number of nitrogens with one attached hydrogen (secondary N) is 2. The molecule has 1 aromatic heterocycles. The zero-order valence-electron chi connectivity index (χ0n) is 17.9. The number of amides is 1. The monoisotopic (exact) mass is 481 g/mol. The van der Waals surface area contributed by atoms with Crippen molar-refractivity contribution in [3.05, 3.63) is 72.8 Å². The number of rotatable bonds is 9. The molecule has 3 aromatic carbocycles. The highest BCUT2D eigenvalue weighted by molar-refractivity contribution is 7.99. The lowest BCUT2D eigenvalue weighted by molar-refractivity contribution is -0.121. The minimum absolute atomic E-state index is 0.158. The van der Waals surface area contributed by atoms with Gasteiger partial charge >= 0.3 is 0 Å². The molecule has 0 bridgehead atoms. The molecule has 4 rings (SSSR count). The fraction of sp³-hybridized carbons (Fsp3) is 0.174. The highest BCUT2D eigenvalue weighted by atomic mass is 32.2. The Labute approximate surface area is 196 Å². The molecule has 1 heterocycles. The number of sulfonamides is 1. The Hall–Kier alpha value is -3.21. The van der Waals surface area contributed by atoms with E-state index in [1.54, 1.807) is 18.2 Å². The summed E-state index contributed by atoms with van der Waals surface area (Å²) in [5, 5.41) is 12.2. The number of benzene rings is 3. The normalized spacial score (nSPS) is 11.7. The number of fused-ring (bicyclic) bond motifs is 1. The SMILES string of the molecule is CN(CC(=O)NCCSc1n[nH]c(-c2ccccc2)n1)S(=O)(=O)c1ccc2ccccc2c1. The number of hydrogen-bond acceptors (Lipinski definition) is 6. The van der Waals surface area contributed by atoms with Crippen molar-refractivity contribution in [3.63, 3.8) is 0 Å². The van der Waals surface area contributed by atoms with Gasteiger partial charge in [0.25, 0.3) is 0 Å². The van der Waals surface area contributed by atoms with Crippen molar-refractivity contribution < 1.29 is 13.2 Å². The molecule has 0 atom stereocenters. The van der Waals surface area contributed by atoms with E-state index in [0.29, 0.717) is 23.3 Å². The van der Waals surface area contributed by atoms with Gasteiger partial charge in [-0.2, -0.15) is 4.31 Å². The summed E-state index contributed by atoms with van der Waals surface area (Å²) >= 11 is 1.40. The molecule has 0 unspecified atom stereocenters. The first kappa shape index (κ1) is 23.0. The average Bonchev–Trinajstić information content (AvgIpc) is 3.31. The molecule has 0 aliphatic rings. The fourth-order valence-electron chi connectivity index (χ4n) is 3.22. The molecule has 0 radical (unpaired) electrons. The van der Waals surface area contributed by atoms with Gasteiger partial charge in [-0.15, -0.1) is 5.10 Å². The molecule has 10 heteroatoms. The topological polar surface area (TPSA) is 108 Å². The van der Waals surface area contributed by atoms with Crippen molar-refractivity contribution in [3.8, 4) is 11.4 Å². The molecule has 0 aliphatic carbocycles. The summed E-state index contributed by atoms with van der Waals surface area (Å²) in [6.07, 6.45) is 0. The Balaban J connectivity index is 1.26. The number of aromatic amines is 1. The van der Waals surface area contributed by atoms with Crippen molar-refractivity contribution in [2.75, 3.05) is 25.9 Å². The summed E-state index contributed by atoms with van der Waals surface area (Å²) in [4.78, 5) is 16.9. The maximum Gasteiger partial charge on any atom is 0.243 e. The van der Waals surface area contributed by atoms with Crippen molar-refractivity contribution >= 4 is 38.5 Å². The van der Waals surface area contributed by atoms with Crippen LogP contribution in [0.3, 0.4) is 0 Å². The third-order valence-electron chi connectivity index (χ3n) is 4.96. The molecule has 4 aromatic rings. The number of carbonyl (C=O) groups excluding carboxylic acids is 1. The third kappa shape index (κ3) is 5.59. The largest absolute Gasteiger partial charge is 0.354 e. The van der Waals surface area contributed by atoms with Gasteiger partial charge in [0, 0.05) is 24.9 Å². The van der Waals surface area contributed by atoms with E-state index >= 15 is 0 Å². The van der Waals surface area contributed by atoms with Crippen LogP contribution < -0.4 is 5.32 Å². The van der Waals surface area contributed by atoms with Gasteiger partial charge in [0.05, 0.1) is 11.4 Å². The number of H-pyrrole nitrogens is 1. The molecular formula is C23H23N5O3S2. The summed E-state index contributed by atoms with van der Waals surface area (Å²) in [5.41, 5.74) is 0.945. The Bertz CT molecular complexity index is 1360. The van der Waals surface area contributed by atoms with Gasteiger partial charge in [-0.05, 0) is 22.9 Å². The van der Waals surface area contributed by atoms with Crippen LogP contribution in [-0.2, 0) is 14.8 Å². The summed E-state index contributed by atoms with van der Waals surface area (Å²) in [6, 6.07) is 22.1. The van der Waals surface area contributed by atoms with E-state index in [-0.39, 0.29) is 17.3 Å². The smallest absolute Gasteiger partial charge is 0.243 e. The van der Waals surface area contributed by atoms with Crippen LogP contribution >= 0.6 is 11.8 Å². The minimum atomic E-state index is -3.78. The van der Waals surface area contributed by atoms with Crippen LogP contribution in [0.15, 0.2) is 82.8 Å². The highest BCUT2D eigenvalue weighted by Gasteiger charge is 2.23. The van der Waals surface area contributed by atoms with Crippen LogP contribution in [0.1, 0.15) is 0 Å². The second-order valence-corrected chi connectivity index (χ2v) is 10.4. The quantitative estimate of drug-likeness (QED) is 0.281. The summed E-state index contributed by atoms with van der Waals surface area (Å²) in [6.45, 7) is 0.0984. The third-order valence-corrected chi connectivity index (χ3v) is 7.61. The molecule has 170 valence electrons. The van der Waals surface area contributed by atoms with E-state index in [2.05, 4.69) is 20.5 Å². The number of aromatic nitrogens is 3. The molecule has 33 heavy (non-hydrogen) atoms. The van der Waals surface area contributed by atoms with E-state index in [4.69, 9.17) is 0 Å². The Morgan fingerprint density at radius 1 is 1.03 bits per heavy atom. The molecule has 0 fully saturated rings. The standard InChI is InChI=1S/C23H23N5O3S2/c1-28(33(30,31)20-12-11-17-7-5-6-10-19(17)15-20)16-21(29)24-13-14-32-23-25-22(26-27-23)18-8-3-2-4-9-18/h2-12,15H,13-14,16H2,1H3,(H,24,29)(H,25,26,27). The second kappa shape index (κ2) is 10.2. The van der Waals surface area contributed by atoms with Gasteiger partial charge in [0.1, 0.15) is 0 Å². The van der Waals surface area contributed by atoms with E-state index in [9.17, 15) is 13.2 Å². The van der Waals surface area contributed by atoms with Crippen LogP contribution in [-0.4, -0.2) is 59.7 Å². The molecule has 0 saturated carbocycles. The molecule has 0 aliphatic heterocycles.